The Balaban J connectivity index is 2.11. The van der Waals surface area contributed by atoms with Crippen molar-refractivity contribution >= 4 is 15.9 Å². The normalized spacial score (nSPS) is 12.2. The van der Waals surface area contributed by atoms with Crippen LogP contribution < -0.4 is 10.5 Å². The van der Waals surface area contributed by atoms with Gasteiger partial charge in [0.25, 0.3) is 0 Å². The van der Waals surface area contributed by atoms with E-state index in [-0.39, 0.29) is 18.2 Å². The van der Waals surface area contributed by atoms with Crippen LogP contribution >= 0.6 is 15.9 Å². The molecule has 0 saturated carbocycles. The van der Waals surface area contributed by atoms with Gasteiger partial charge in [-0.15, -0.1) is 0 Å². The van der Waals surface area contributed by atoms with Gasteiger partial charge >= 0.3 is 0 Å². The number of halogens is 3. The van der Waals surface area contributed by atoms with Gasteiger partial charge in [0.1, 0.15) is 12.4 Å². The smallest absolute Gasteiger partial charge is 0.165 e. The van der Waals surface area contributed by atoms with Crippen LogP contribution in [-0.4, -0.2) is 6.04 Å². The van der Waals surface area contributed by atoms with Crippen molar-refractivity contribution in [2.45, 2.75) is 26.0 Å². The first-order chi connectivity index (χ1) is 9.97. The van der Waals surface area contributed by atoms with Crippen LogP contribution in [0.2, 0.25) is 0 Å². The summed E-state index contributed by atoms with van der Waals surface area (Å²) in [4.78, 5) is 0. The van der Waals surface area contributed by atoms with E-state index in [1.54, 1.807) is 6.07 Å². The Morgan fingerprint density at radius 1 is 1.19 bits per heavy atom. The molecule has 5 heteroatoms. The zero-order chi connectivity index (χ0) is 15.4. The Bertz CT molecular complexity index is 632. The van der Waals surface area contributed by atoms with Gasteiger partial charge in [-0.1, -0.05) is 28.1 Å². The first kappa shape index (κ1) is 15.9. The largest absolute Gasteiger partial charge is 0.489 e. The van der Waals surface area contributed by atoms with Crippen LogP contribution in [0.15, 0.2) is 40.9 Å². The predicted molar refractivity (Wildman–Crippen MR) is 82.2 cm³/mol. The molecule has 2 aromatic rings. The van der Waals surface area contributed by atoms with E-state index in [1.165, 1.54) is 12.1 Å². The summed E-state index contributed by atoms with van der Waals surface area (Å²) in [5.74, 6) is -1.15. The van der Waals surface area contributed by atoms with Crippen molar-refractivity contribution in [2.24, 2.45) is 5.73 Å². The highest BCUT2D eigenvalue weighted by atomic mass is 79.9. The van der Waals surface area contributed by atoms with Gasteiger partial charge in [0.05, 0.1) is 0 Å². The van der Waals surface area contributed by atoms with E-state index in [1.807, 2.05) is 19.1 Å². The van der Waals surface area contributed by atoms with E-state index in [4.69, 9.17) is 10.5 Å². The number of hydrogen-bond acceptors (Lipinski definition) is 2. The molecule has 0 bridgehead atoms. The van der Waals surface area contributed by atoms with Crippen molar-refractivity contribution in [2.75, 3.05) is 0 Å². The molecule has 2 nitrogen and oxygen atoms in total. The highest BCUT2D eigenvalue weighted by Gasteiger charge is 2.09. The summed E-state index contributed by atoms with van der Waals surface area (Å²) in [6.45, 7) is 1.89. The standard InChI is InChI=1S/C16H16BrF2NO/c1-10(20)7-12-8-13(5-6-14(12)17)21-9-11-3-2-4-15(18)16(11)19/h2-6,8,10H,7,9,20H2,1H3. The molecule has 0 amide bonds. The first-order valence-corrected chi connectivity index (χ1v) is 7.36. The molecule has 1 atom stereocenters. The maximum absolute atomic E-state index is 13.5. The second-order valence-corrected chi connectivity index (χ2v) is 5.79. The lowest BCUT2D eigenvalue weighted by atomic mass is 10.1. The lowest BCUT2D eigenvalue weighted by Crippen LogP contribution is -2.18. The molecule has 112 valence electrons. The summed E-state index contributed by atoms with van der Waals surface area (Å²) in [5, 5.41) is 0. The highest BCUT2D eigenvalue weighted by Crippen LogP contribution is 2.24. The summed E-state index contributed by atoms with van der Waals surface area (Å²) in [5.41, 5.74) is 6.99. The minimum Gasteiger partial charge on any atom is -0.489 e. The maximum Gasteiger partial charge on any atom is 0.165 e. The summed E-state index contributed by atoms with van der Waals surface area (Å²) in [6, 6.07) is 9.54. The molecule has 1 unspecified atom stereocenters. The Hall–Kier alpha value is -1.46. The van der Waals surface area contributed by atoms with Crippen molar-refractivity contribution in [1.82, 2.24) is 0 Å². The first-order valence-electron chi connectivity index (χ1n) is 6.57. The van der Waals surface area contributed by atoms with Crippen molar-refractivity contribution in [3.8, 4) is 5.75 Å². The quantitative estimate of drug-likeness (QED) is 0.872. The molecule has 21 heavy (non-hydrogen) atoms. The van der Waals surface area contributed by atoms with E-state index < -0.39 is 11.6 Å². The molecule has 0 aliphatic rings. The Morgan fingerprint density at radius 3 is 2.67 bits per heavy atom. The molecular formula is C16H16BrF2NO. The topological polar surface area (TPSA) is 35.2 Å². The van der Waals surface area contributed by atoms with Gasteiger partial charge in [-0.05, 0) is 43.2 Å². The number of nitrogens with two attached hydrogens (primary N) is 1. The van der Waals surface area contributed by atoms with Crippen LogP contribution in [-0.2, 0) is 13.0 Å². The number of ether oxygens (including phenoxy) is 1. The molecule has 2 N–H and O–H groups in total. The third-order valence-electron chi connectivity index (χ3n) is 2.98. The van der Waals surface area contributed by atoms with Gasteiger partial charge in [0.15, 0.2) is 11.6 Å². The summed E-state index contributed by atoms with van der Waals surface area (Å²) in [7, 11) is 0. The molecule has 2 aromatic carbocycles. The minimum atomic E-state index is -0.871. The molecule has 0 heterocycles. The molecule has 0 radical (unpaired) electrons. The van der Waals surface area contributed by atoms with E-state index >= 15 is 0 Å². The second-order valence-electron chi connectivity index (χ2n) is 4.94. The SMILES string of the molecule is CC(N)Cc1cc(OCc2cccc(F)c2F)ccc1Br. The Kier molecular flexibility index (Phi) is 5.31. The van der Waals surface area contributed by atoms with Crippen molar-refractivity contribution in [1.29, 1.82) is 0 Å². The van der Waals surface area contributed by atoms with Crippen LogP contribution in [0.5, 0.6) is 5.75 Å². The summed E-state index contributed by atoms with van der Waals surface area (Å²) < 4.78 is 33.1. The molecule has 0 aromatic heterocycles. The maximum atomic E-state index is 13.5. The van der Waals surface area contributed by atoms with Crippen LogP contribution in [0.4, 0.5) is 8.78 Å². The van der Waals surface area contributed by atoms with E-state index in [2.05, 4.69) is 15.9 Å². The molecule has 0 spiro atoms. The minimum absolute atomic E-state index is 0.0250. The zero-order valence-corrected chi connectivity index (χ0v) is 13.2. The van der Waals surface area contributed by atoms with Crippen LogP contribution in [0, 0.1) is 11.6 Å². The zero-order valence-electron chi connectivity index (χ0n) is 11.6. The predicted octanol–water partition coefficient (Wildman–Crippen LogP) is 4.20. The molecular weight excluding hydrogens is 340 g/mol. The van der Waals surface area contributed by atoms with Crippen molar-refractivity contribution in [3.63, 3.8) is 0 Å². The average molecular weight is 356 g/mol. The highest BCUT2D eigenvalue weighted by molar-refractivity contribution is 9.10. The third kappa shape index (κ3) is 4.25. The van der Waals surface area contributed by atoms with Crippen LogP contribution in [0.3, 0.4) is 0 Å². The Labute approximate surface area is 131 Å². The third-order valence-corrected chi connectivity index (χ3v) is 3.76. The van der Waals surface area contributed by atoms with E-state index in [0.717, 1.165) is 16.1 Å². The molecule has 0 aliphatic carbocycles. The van der Waals surface area contributed by atoms with Crippen LogP contribution in [0.25, 0.3) is 0 Å². The fraction of sp³-hybridized carbons (Fsp3) is 0.250. The van der Waals surface area contributed by atoms with Crippen LogP contribution in [0.1, 0.15) is 18.1 Å². The fourth-order valence-electron chi connectivity index (χ4n) is 1.97. The van der Waals surface area contributed by atoms with Gasteiger partial charge < -0.3 is 10.5 Å². The monoisotopic (exact) mass is 355 g/mol. The van der Waals surface area contributed by atoms with E-state index in [0.29, 0.717) is 12.2 Å². The van der Waals surface area contributed by atoms with Gasteiger partial charge in [0.2, 0.25) is 0 Å². The number of hydrogen-bond donors (Lipinski definition) is 1. The van der Waals surface area contributed by atoms with Gasteiger partial charge in [-0.25, -0.2) is 8.78 Å². The van der Waals surface area contributed by atoms with Crippen molar-refractivity contribution in [3.05, 3.63) is 63.6 Å². The lowest BCUT2D eigenvalue weighted by Gasteiger charge is -2.12. The summed E-state index contributed by atoms with van der Waals surface area (Å²) in [6.07, 6.45) is 0.701. The second kappa shape index (κ2) is 7.00. The average Bonchev–Trinajstić information content (AvgIpc) is 2.43. The Morgan fingerprint density at radius 2 is 1.95 bits per heavy atom. The van der Waals surface area contributed by atoms with Gasteiger partial charge in [-0.2, -0.15) is 0 Å². The number of benzene rings is 2. The molecule has 0 saturated heterocycles. The van der Waals surface area contributed by atoms with Gasteiger partial charge in [0, 0.05) is 16.1 Å². The van der Waals surface area contributed by atoms with Gasteiger partial charge in [-0.3, -0.25) is 0 Å². The summed E-state index contributed by atoms with van der Waals surface area (Å²) >= 11 is 3.46. The fourth-order valence-corrected chi connectivity index (χ4v) is 2.37. The van der Waals surface area contributed by atoms with E-state index in [9.17, 15) is 8.78 Å². The van der Waals surface area contributed by atoms with Crippen molar-refractivity contribution < 1.29 is 13.5 Å². The molecule has 0 fully saturated rings. The lowest BCUT2D eigenvalue weighted by molar-refractivity contribution is 0.297. The number of rotatable bonds is 5. The molecule has 2 rings (SSSR count). The molecule has 0 aliphatic heterocycles.